The number of phenolic OH excluding ortho intramolecular Hbond substituents is 1. The highest BCUT2D eigenvalue weighted by molar-refractivity contribution is 5.80. The van der Waals surface area contributed by atoms with E-state index in [1.165, 1.54) is 32.2 Å². The number of rotatable bonds is 4. The van der Waals surface area contributed by atoms with Gasteiger partial charge in [-0.1, -0.05) is 18.6 Å². The minimum Gasteiger partial charge on any atom is -0.508 e. The van der Waals surface area contributed by atoms with Crippen LogP contribution in [0.3, 0.4) is 0 Å². The Morgan fingerprint density at radius 3 is 2.86 bits per heavy atom. The van der Waals surface area contributed by atoms with Gasteiger partial charge in [-0.3, -0.25) is 4.99 Å². The van der Waals surface area contributed by atoms with Gasteiger partial charge in [-0.05, 0) is 55.7 Å². The van der Waals surface area contributed by atoms with E-state index in [1.54, 1.807) is 6.07 Å². The average Bonchev–Trinajstić information content (AvgIpc) is 2.92. The summed E-state index contributed by atoms with van der Waals surface area (Å²) in [5.74, 6) is 1.39. The SMILES string of the molecule is CCNC(=NCCc1cccc(O)c1)N1CCC2(CCC2)C1. The molecule has 2 N–H and O–H groups in total. The van der Waals surface area contributed by atoms with Crippen LogP contribution in [0.1, 0.15) is 38.2 Å². The lowest BCUT2D eigenvalue weighted by atomic mass is 9.68. The van der Waals surface area contributed by atoms with Crippen molar-refractivity contribution in [3.63, 3.8) is 0 Å². The fourth-order valence-electron chi connectivity index (χ4n) is 3.63. The van der Waals surface area contributed by atoms with E-state index in [1.807, 2.05) is 18.2 Å². The van der Waals surface area contributed by atoms with Gasteiger partial charge in [-0.2, -0.15) is 0 Å². The summed E-state index contributed by atoms with van der Waals surface area (Å²) in [6, 6.07) is 7.46. The van der Waals surface area contributed by atoms with Gasteiger partial charge in [0.15, 0.2) is 5.96 Å². The molecule has 0 radical (unpaired) electrons. The number of phenols is 1. The second kappa shape index (κ2) is 6.59. The Hall–Kier alpha value is -1.71. The maximum Gasteiger partial charge on any atom is 0.193 e. The fourth-order valence-corrected chi connectivity index (χ4v) is 3.63. The summed E-state index contributed by atoms with van der Waals surface area (Å²) >= 11 is 0. The smallest absolute Gasteiger partial charge is 0.193 e. The molecule has 0 aromatic heterocycles. The molecule has 0 amide bonds. The van der Waals surface area contributed by atoms with Crippen molar-refractivity contribution >= 4 is 5.96 Å². The Labute approximate surface area is 133 Å². The molecular formula is C18H27N3O. The minimum absolute atomic E-state index is 0.333. The van der Waals surface area contributed by atoms with Crippen molar-refractivity contribution in [3.05, 3.63) is 29.8 Å². The van der Waals surface area contributed by atoms with Crippen LogP contribution in [-0.2, 0) is 6.42 Å². The first-order valence-corrected chi connectivity index (χ1v) is 8.52. The second-order valence-corrected chi connectivity index (χ2v) is 6.68. The van der Waals surface area contributed by atoms with Gasteiger partial charge in [0.25, 0.3) is 0 Å². The molecule has 120 valence electrons. The molecule has 0 atom stereocenters. The molecule has 1 saturated heterocycles. The minimum atomic E-state index is 0.333. The number of benzene rings is 1. The molecule has 1 aliphatic heterocycles. The lowest BCUT2D eigenvalue weighted by Crippen LogP contribution is -2.42. The van der Waals surface area contributed by atoms with E-state index in [0.717, 1.165) is 37.6 Å². The van der Waals surface area contributed by atoms with E-state index in [0.29, 0.717) is 11.2 Å². The van der Waals surface area contributed by atoms with Crippen molar-refractivity contribution < 1.29 is 5.11 Å². The summed E-state index contributed by atoms with van der Waals surface area (Å²) in [5, 5.41) is 12.9. The number of aliphatic imine (C=N–C) groups is 1. The summed E-state index contributed by atoms with van der Waals surface area (Å²) in [6.07, 6.45) is 6.38. The van der Waals surface area contributed by atoms with Crippen molar-refractivity contribution in [2.45, 2.75) is 39.0 Å². The number of likely N-dealkylation sites (tertiary alicyclic amines) is 1. The normalized spacial score (nSPS) is 20.2. The molecule has 1 aromatic carbocycles. The lowest BCUT2D eigenvalue weighted by molar-refractivity contribution is 0.151. The van der Waals surface area contributed by atoms with Crippen LogP contribution in [0, 0.1) is 5.41 Å². The molecule has 3 rings (SSSR count). The Kier molecular flexibility index (Phi) is 4.55. The first kappa shape index (κ1) is 15.2. The van der Waals surface area contributed by atoms with Gasteiger partial charge in [0.2, 0.25) is 0 Å². The number of hydrogen-bond acceptors (Lipinski definition) is 2. The summed E-state index contributed by atoms with van der Waals surface area (Å²) in [4.78, 5) is 7.23. The van der Waals surface area contributed by atoms with E-state index >= 15 is 0 Å². The number of hydrogen-bond donors (Lipinski definition) is 2. The van der Waals surface area contributed by atoms with Crippen LogP contribution in [0.5, 0.6) is 5.75 Å². The van der Waals surface area contributed by atoms with Gasteiger partial charge >= 0.3 is 0 Å². The average molecular weight is 301 g/mol. The largest absolute Gasteiger partial charge is 0.508 e. The highest BCUT2D eigenvalue weighted by Crippen LogP contribution is 2.47. The zero-order valence-electron chi connectivity index (χ0n) is 13.5. The second-order valence-electron chi connectivity index (χ2n) is 6.68. The zero-order chi connectivity index (χ0) is 15.4. The van der Waals surface area contributed by atoms with Crippen LogP contribution in [0.2, 0.25) is 0 Å². The van der Waals surface area contributed by atoms with E-state index in [9.17, 15) is 5.11 Å². The van der Waals surface area contributed by atoms with Crippen LogP contribution in [0.25, 0.3) is 0 Å². The third kappa shape index (κ3) is 3.37. The van der Waals surface area contributed by atoms with Gasteiger partial charge in [-0.25, -0.2) is 0 Å². The summed E-state index contributed by atoms with van der Waals surface area (Å²) in [5.41, 5.74) is 1.73. The molecule has 1 aromatic rings. The first-order valence-electron chi connectivity index (χ1n) is 8.52. The molecule has 1 saturated carbocycles. The van der Waals surface area contributed by atoms with Crippen molar-refractivity contribution in [2.24, 2.45) is 10.4 Å². The van der Waals surface area contributed by atoms with Crippen molar-refractivity contribution in [1.29, 1.82) is 0 Å². The number of nitrogens with one attached hydrogen (secondary N) is 1. The van der Waals surface area contributed by atoms with E-state index in [2.05, 4.69) is 17.1 Å². The molecule has 1 aliphatic carbocycles. The van der Waals surface area contributed by atoms with E-state index in [-0.39, 0.29) is 0 Å². The van der Waals surface area contributed by atoms with Gasteiger partial charge in [-0.15, -0.1) is 0 Å². The number of guanidine groups is 1. The Balaban J connectivity index is 1.58. The maximum absolute atomic E-state index is 9.51. The Morgan fingerprint density at radius 1 is 1.36 bits per heavy atom. The third-order valence-electron chi connectivity index (χ3n) is 5.06. The predicted octanol–water partition coefficient (Wildman–Crippen LogP) is 2.78. The van der Waals surface area contributed by atoms with Gasteiger partial charge in [0.05, 0.1) is 0 Å². The highest BCUT2D eigenvalue weighted by atomic mass is 16.3. The molecule has 2 fully saturated rings. The van der Waals surface area contributed by atoms with Crippen molar-refractivity contribution in [1.82, 2.24) is 10.2 Å². The molecule has 4 nitrogen and oxygen atoms in total. The molecular weight excluding hydrogens is 274 g/mol. The van der Waals surface area contributed by atoms with Crippen molar-refractivity contribution in [3.8, 4) is 5.75 Å². The Morgan fingerprint density at radius 2 is 2.23 bits per heavy atom. The summed E-state index contributed by atoms with van der Waals surface area (Å²) in [6.45, 7) is 6.10. The third-order valence-corrected chi connectivity index (χ3v) is 5.06. The first-order chi connectivity index (χ1) is 10.7. The van der Waals surface area contributed by atoms with Gasteiger partial charge < -0.3 is 15.3 Å². The lowest BCUT2D eigenvalue weighted by Gasteiger charge is -2.38. The Bertz CT molecular complexity index is 537. The molecule has 22 heavy (non-hydrogen) atoms. The van der Waals surface area contributed by atoms with E-state index in [4.69, 9.17) is 4.99 Å². The topological polar surface area (TPSA) is 47.9 Å². The molecule has 0 bridgehead atoms. The molecule has 2 aliphatic rings. The molecule has 1 heterocycles. The fraction of sp³-hybridized carbons (Fsp3) is 0.611. The summed E-state index contributed by atoms with van der Waals surface area (Å²) in [7, 11) is 0. The molecule has 0 unspecified atom stereocenters. The summed E-state index contributed by atoms with van der Waals surface area (Å²) < 4.78 is 0. The predicted molar refractivity (Wildman–Crippen MR) is 90.3 cm³/mol. The van der Waals surface area contributed by atoms with Crippen LogP contribution >= 0.6 is 0 Å². The monoisotopic (exact) mass is 301 g/mol. The number of aromatic hydroxyl groups is 1. The highest BCUT2D eigenvalue weighted by Gasteiger charge is 2.43. The van der Waals surface area contributed by atoms with Crippen molar-refractivity contribution in [2.75, 3.05) is 26.2 Å². The zero-order valence-corrected chi connectivity index (χ0v) is 13.5. The standard InChI is InChI=1S/C18H27N3O/c1-2-19-17(21-12-10-18(14-21)8-4-9-18)20-11-7-15-5-3-6-16(22)13-15/h3,5-6,13,22H,2,4,7-12,14H2,1H3,(H,19,20). The van der Waals surface area contributed by atoms with Crippen LogP contribution in [0.4, 0.5) is 0 Å². The molecule has 4 heteroatoms. The van der Waals surface area contributed by atoms with Crippen LogP contribution in [-0.4, -0.2) is 42.1 Å². The number of nitrogens with zero attached hydrogens (tertiary/aromatic N) is 2. The van der Waals surface area contributed by atoms with Gasteiger partial charge in [0.1, 0.15) is 5.75 Å². The maximum atomic E-state index is 9.51. The van der Waals surface area contributed by atoms with E-state index < -0.39 is 0 Å². The van der Waals surface area contributed by atoms with Crippen LogP contribution < -0.4 is 5.32 Å². The molecule has 1 spiro atoms. The van der Waals surface area contributed by atoms with Gasteiger partial charge in [0, 0.05) is 26.2 Å². The van der Waals surface area contributed by atoms with Crippen LogP contribution in [0.15, 0.2) is 29.3 Å². The quantitative estimate of drug-likeness (QED) is 0.664.